The fourth-order valence-corrected chi connectivity index (χ4v) is 3.07. The van der Waals surface area contributed by atoms with E-state index in [1.54, 1.807) is 10.9 Å². The summed E-state index contributed by atoms with van der Waals surface area (Å²) in [6.07, 6.45) is 4.10. The van der Waals surface area contributed by atoms with Gasteiger partial charge in [0.05, 0.1) is 27.8 Å². The van der Waals surface area contributed by atoms with Gasteiger partial charge in [0.25, 0.3) is 0 Å². The zero-order valence-electron chi connectivity index (χ0n) is 9.84. The molecule has 0 aliphatic heterocycles. The van der Waals surface area contributed by atoms with Crippen LogP contribution in [0.1, 0.15) is 30.0 Å². The van der Waals surface area contributed by atoms with Crippen molar-refractivity contribution in [3.05, 3.63) is 45.4 Å². The van der Waals surface area contributed by atoms with E-state index in [-0.39, 0.29) is 10.0 Å². The maximum absolute atomic E-state index is 13.2. The molecule has 1 saturated carbocycles. The van der Waals surface area contributed by atoms with E-state index in [4.69, 9.17) is 34.8 Å². The van der Waals surface area contributed by atoms with E-state index in [0.717, 1.165) is 24.1 Å². The average molecular weight is 320 g/mol. The molecule has 1 heterocycles. The third-order valence-corrected chi connectivity index (χ3v) is 4.07. The summed E-state index contributed by atoms with van der Waals surface area (Å²) in [7, 11) is 0. The molecule has 0 saturated heterocycles. The molecule has 0 radical (unpaired) electrons. The Morgan fingerprint density at radius 1 is 1.26 bits per heavy atom. The Morgan fingerprint density at radius 2 is 1.89 bits per heavy atom. The van der Waals surface area contributed by atoms with Gasteiger partial charge >= 0.3 is 0 Å². The zero-order chi connectivity index (χ0) is 13.6. The Bertz CT molecular complexity index is 612. The van der Waals surface area contributed by atoms with Gasteiger partial charge in [-0.15, -0.1) is 11.6 Å². The first-order chi connectivity index (χ1) is 9.11. The minimum atomic E-state index is -0.472. The lowest BCUT2D eigenvalue weighted by Crippen LogP contribution is -2.04. The van der Waals surface area contributed by atoms with E-state index in [0.29, 0.717) is 17.5 Å². The molecule has 0 spiro atoms. The van der Waals surface area contributed by atoms with Crippen LogP contribution in [0.15, 0.2) is 18.3 Å². The van der Waals surface area contributed by atoms with Crippen molar-refractivity contribution in [3.63, 3.8) is 0 Å². The molecule has 19 heavy (non-hydrogen) atoms. The minimum absolute atomic E-state index is 0.224. The maximum Gasteiger partial charge on any atom is 0.126 e. The topological polar surface area (TPSA) is 17.8 Å². The van der Waals surface area contributed by atoms with Crippen molar-refractivity contribution in [1.82, 2.24) is 9.78 Å². The largest absolute Gasteiger partial charge is 0.233 e. The highest BCUT2D eigenvalue weighted by molar-refractivity contribution is 6.37. The molecule has 6 heteroatoms. The summed E-state index contributed by atoms with van der Waals surface area (Å²) in [4.78, 5) is 0. The van der Waals surface area contributed by atoms with E-state index in [2.05, 4.69) is 5.10 Å². The van der Waals surface area contributed by atoms with Gasteiger partial charge < -0.3 is 0 Å². The first-order valence-electron chi connectivity index (χ1n) is 5.89. The number of halogens is 4. The lowest BCUT2D eigenvalue weighted by Gasteiger charge is -2.11. The lowest BCUT2D eigenvalue weighted by atomic mass is 10.2. The van der Waals surface area contributed by atoms with Crippen LogP contribution in [0.25, 0.3) is 5.69 Å². The summed E-state index contributed by atoms with van der Waals surface area (Å²) in [5.74, 6) is 0.372. The number of hydrogen-bond donors (Lipinski definition) is 0. The summed E-state index contributed by atoms with van der Waals surface area (Å²) >= 11 is 18.2. The Hall–Kier alpha value is -0.770. The van der Waals surface area contributed by atoms with Gasteiger partial charge in [0.1, 0.15) is 11.5 Å². The first kappa shape index (κ1) is 13.2. The van der Waals surface area contributed by atoms with Gasteiger partial charge in [-0.1, -0.05) is 23.2 Å². The van der Waals surface area contributed by atoms with Crippen molar-refractivity contribution >= 4 is 34.8 Å². The highest BCUT2D eigenvalue weighted by atomic mass is 35.5. The molecule has 1 aromatic heterocycles. The molecule has 0 unspecified atom stereocenters. The monoisotopic (exact) mass is 318 g/mol. The number of aromatic nitrogens is 2. The fourth-order valence-electron chi connectivity index (χ4n) is 2.19. The van der Waals surface area contributed by atoms with Crippen molar-refractivity contribution in [2.24, 2.45) is 0 Å². The summed E-state index contributed by atoms with van der Waals surface area (Å²) in [5, 5.41) is 4.76. The fraction of sp³-hybridized carbons (Fsp3) is 0.308. The second-order valence-corrected chi connectivity index (χ2v) is 5.67. The number of nitrogens with zero attached hydrogens (tertiary/aromatic N) is 2. The van der Waals surface area contributed by atoms with Gasteiger partial charge in [-0.25, -0.2) is 9.07 Å². The minimum Gasteiger partial charge on any atom is -0.233 e. The van der Waals surface area contributed by atoms with E-state index in [1.165, 1.54) is 12.1 Å². The van der Waals surface area contributed by atoms with Gasteiger partial charge in [-0.3, -0.25) is 0 Å². The molecule has 2 aromatic rings. The molecule has 0 atom stereocenters. The number of rotatable bonds is 3. The first-order valence-corrected chi connectivity index (χ1v) is 7.18. The Labute approximate surface area is 125 Å². The van der Waals surface area contributed by atoms with Crippen LogP contribution in [0.5, 0.6) is 0 Å². The van der Waals surface area contributed by atoms with Crippen LogP contribution in [-0.2, 0) is 5.88 Å². The molecule has 1 aliphatic carbocycles. The highest BCUT2D eigenvalue weighted by Crippen LogP contribution is 2.43. The van der Waals surface area contributed by atoms with Crippen LogP contribution in [0.3, 0.4) is 0 Å². The maximum atomic E-state index is 13.2. The van der Waals surface area contributed by atoms with Crippen molar-refractivity contribution in [1.29, 1.82) is 0 Å². The van der Waals surface area contributed by atoms with Crippen LogP contribution in [-0.4, -0.2) is 9.78 Å². The molecular formula is C13H10Cl3FN2. The third kappa shape index (κ3) is 2.35. The van der Waals surface area contributed by atoms with Gasteiger partial charge in [0, 0.05) is 0 Å². The van der Waals surface area contributed by atoms with Crippen LogP contribution in [0.2, 0.25) is 10.0 Å². The molecule has 100 valence electrons. The summed E-state index contributed by atoms with van der Waals surface area (Å²) in [5.41, 5.74) is 2.48. The Morgan fingerprint density at radius 3 is 2.42 bits per heavy atom. The summed E-state index contributed by atoms with van der Waals surface area (Å²) < 4.78 is 14.8. The second-order valence-electron chi connectivity index (χ2n) is 4.58. The normalized spacial score (nSPS) is 14.9. The Kier molecular flexibility index (Phi) is 3.46. The molecular weight excluding hydrogens is 310 g/mol. The smallest absolute Gasteiger partial charge is 0.126 e. The van der Waals surface area contributed by atoms with E-state index >= 15 is 0 Å². The van der Waals surface area contributed by atoms with Crippen LogP contribution >= 0.6 is 34.8 Å². The Balaban J connectivity index is 2.17. The summed E-state index contributed by atoms with van der Waals surface area (Å²) in [6.45, 7) is 0. The van der Waals surface area contributed by atoms with Crippen molar-refractivity contribution in [2.45, 2.75) is 24.6 Å². The second kappa shape index (κ2) is 4.97. The SMILES string of the molecule is Fc1cc(Cl)c(-n2ncc(C3CC3)c2CCl)c(Cl)c1. The molecule has 0 amide bonds. The third-order valence-electron chi connectivity index (χ3n) is 3.24. The van der Waals surface area contributed by atoms with Crippen LogP contribution in [0.4, 0.5) is 4.39 Å². The summed E-state index contributed by atoms with van der Waals surface area (Å²) in [6, 6.07) is 2.44. The predicted molar refractivity (Wildman–Crippen MR) is 75.1 cm³/mol. The van der Waals surface area contributed by atoms with Gasteiger partial charge in [-0.05, 0) is 36.5 Å². The van der Waals surface area contributed by atoms with Crippen molar-refractivity contribution < 1.29 is 4.39 Å². The molecule has 1 aliphatic rings. The number of alkyl halides is 1. The van der Waals surface area contributed by atoms with E-state index in [1.807, 2.05) is 0 Å². The van der Waals surface area contributed by atoms with Crippen molar-refractivity contribution in [3.8, 4) is 5.69 Å². The average Bonchev–Trinajstić information content (AvgIpc) is 3.09. The molecule has 1 aromatic carbocycles. The molecule has 2 nitrogen and oxygen atoms in total. The van der Waals surface area contributed by atoms with E-state index in [9.17, 15) is 4.39 Å². The molecule has 0 N–H and O–H groups in total. The number of hydrogen-bond acceptors (Lipinski definition) is 1. The van der Waals surface area contributed by atoms with Crippen molar-refractivity contribution in [2.75, 3.05) is 0 Å². The van der Waals surface area contributed by atoms with Crippen LogP contribution in [0, 0.1) is 5.82 Å². The van der Waals surface area contributed by atoms with Crippen LogP contribution < -0.4 is 0 Å². The molecule has 0 bridgehead atoms. The van der Waals surface area contributed by atoms with E-state index < -0.39 is 5.82 Å². The lowest BCUT2D eigenvalue weighted by molar-refractivity contribution is 0.627. The van der Waals surface area contributed by atoms with Gasteiger partial charge in [0.2, 0.25) is 0 Å². The molecule has 3 rings (SSSR count). The quantitative estimate of drug-likeness (QED) is 0.733. The standard InChI is InChI=1S/C13H10Cl3FN2/c14-5-12-9(7-1-2-7)6-18-19(12)13-10(15)3-8(17)4-11(13)16/h3-4,6-7H,1-2,5H2. The van der Waals surface area contributed by atoms with Gasteiger partial charge in [0.15, 0.2) is 0 Å². The predicted octanol–water partition coefficient (Wildman–Crippen LogP) is 4.93. The number of benzene rings is 1. The molecule has 1 fully saturated rings. The highest BCUT2D eigenvalue weighted by Gasteiger charge is 2.29. The zero-order valence-corrected chi connectivity index (χ0v) is 12.1. The van der Waals surface area contributed by atoms with Gasteiger partial charge in [-0.2, -0.15) is 5.10 Å².